The zero-order valence-corrected chi connectivity index (χ0v) is 24.2. The smallest absolute Gasteiger partial charge is 0.338 e. The Balaban J connectivity index is 1.46. The highest BCUT2D eigenvalue weighted by Crippen LogP contribution is 2.30. The van der Waals surface area contributed by atoms with Crippen LogP contribution in [-0.4, -0.2) is 45.4 Å². The molecule has 1 saturated heterocycles. The van der Waals surface area contributed by atoms with Crippen LogP contribution in [-0.2, 0) is 21.2 Å². The number of likely N-dealkylation sites (tertiary alicyclic amines) is 1. The van der Waals surface area contributed by atoms with Crippen molar-refractivity contribution in [3.05, 3.63) is 92.4 Å². The predicted molar refractivity (Wildman–Crippen MR) is 151 cm³/mol. The predicted octanol–water partition coefficient (Wildman–Crippen LogP) is 6.09. The van der Waals surface area contributed by atoms with Crippen LogP contribution in [0.5, 0.6) is 0 Å². The Morgan fingerprint density at radius 3 is 2.47 bits per heavy atom. The number of amides is 1. The summed E-state index contributed by atoms with van der Waals surface area (Å²) in [6.45, 7) is 2.88. The number of nitrogens with zero attached hydrogens (tertiary/aromatic N) is 1. The Hall–Kier alpha value is -2.88. The van der Waals surface area contributed by atoms with Crippen molar-refractivity contribution in [2.24, 2.45) is 5.92 Å². The Morgan fingerprint density at radius 2 is 1.76 bits per heavy atom. The number of rotatable bonds is 7. The number of hydrogen-bond acceptors (Lipinski definition) is 5. The second-order valence-electron chi connectivity index (χ2n) is 9.32. The molecule has 38 heavy (non-hydrogen) atoms. The standard InChI is InChI=1S/C28H28BrClN2O5S/c1-18-7-9-24(29)26(15-18)31-38(35,36)21-8-10-25(30)23(17-21)27(33)32-13-11-19(12-14-32)16-20-5-3-4-6-22(20)28(34)37-2/h3-10,15,17,19,31H,11-14,16H2,1-2H3. The van der Waals surface area contributed by atoms with Crippen LogP contribution in [0, 0.1) is 12.8 Å². The van der Waals surface area contributed by atoms with Crippen LogP contribution in [0.1, 0.15) is 44.7 Å². The number of piperidine rings is 1. The van der Waals surface area contributed by atoms with Gasteiger partial charge in [0.25, 0.3) is 15.9 Å². The van der Waals surface area contributed by atoms with E-state index in [0.29, 0.717) is 41.2 Å². The molecule has 3 aromatic rings. The van der Waals surface area contributed by atoms with Gasteiger partial charge in [-0.2, -0.15) is 0 Å². The van der Waals surface area contributed by atoms with Crippen LogP contribution in [0.25, 0.3) is 0 Å². The van der Waals surface area contributed by atoms with E-state index in [0.717, 1.165) is 24.0 Å². The zero-order chi connectivity index (χ0) is 27.4. The number of halogens is 2. The summed E-state index contributed by atoms with van der Waals surface area (Å²) in [5.74, 6) is -0.372. The van der Waals surface area contributed by atoms with Crippen LogP contribution in [0.2, 0.25) is 5.02 Å². The molecule has 0 bridgehead atoms. The Bertz CT molecular complexity index is 1470. The minimum absolute atomic E-state index is 0.0482. The monoisotopic (exact) mass is 618 g/mol. The molecule has 1 heterocycles. The lowest BCUT2D eigenvalue weighted by molar-refractivity contribution is 0.0599. The number of esters is 1. The van der Waals surface area contributed by atoms with E-state index in [-0.39, 0.29) is 27.4 Å². The van der Waals surface area contributed by atoms with Crippen LogP contribution in [0.4, 0.5) is 5.69 Å². The van der Waals surface area contributed by atoms with Crippen molar-refractivity contribution < 1.29 is 22.7 Å². The lowest BCUT2D eigenvalue weighted by Crippen LogP contribution is -2.39. The number of aryl methyl sites for hydroxylation is 1. The Kier molecular flexibility index (Phi) is 8.80. The third-order valence-electron chi connectivity index (χ3n) is 6.68. The largest absolute Gasteiger partial charge is 0.465 e. The Labute approximate surface area is 236 Å². The summed E-state index contributed by atoms with van der Waals surface area (Å²) in [7, 11) is -2.59. The lowest BCUT2D eigenvalue weighted by atomic mass is 9.88. The van der Waals surface area contributed by atoms with Gasteiger partial charge in [0.05, 0.1) is 33.8 Å². The first-order valence-electron chi connectivity index (χ1n) is 12.1. The van der Waals surface area contributed by atoms with Gasteiger partial charge >= 0.3 is 5.97 Å². The highest BCUT2D eigenvalue weighted by molar-refractivity contribution is 9.10. The van der Waals surface area contributed by atoms with Gasteiger partial charge in [0.15, 0.2) is 0 Å². The topological polar surface area (TPSA) is 92.8 Å². The fourth-order valence-electron chi connectivity index (χ4n) is 4.59. The number of anilines is 1. The van der Waals surface area contributed by atoms with E-state index in [1.165, 1.54) is 25.3 Å². The second-order valence-corrected chi connectivity index (χ2v) is 12.3. The molecule has 0 aliphatic carbocycles. The number of carbonyl (C=O) groups is 2. The summed E-state index contributed by atoms with van der Waals surface area (Å²) < 4.78 is 34.3. The van der Waals surface area contributed by atoms with Crippen molar-refractivity contribution in [3.63, 3.8) is 0 Å². The number of nitrogens with one attached hydrogen (secondary N) is 1. The molecule has 3 aromatic carbocycles. The molecular formula is C28H28BrClN2O5S. The molecule has 0 aromatic heterocycles. The van der Waals surface area contributed by atoms with Crippen LogP contribution in [0.3, 0.4) is 0 Å². The number of ether oxygens (including phenoxy) is 1. The normalized spacial score (nSPS) is 14.3. The highest BCUT2D eigenvalue weighted by atomic mass is 79.9. The third-order valence-corrected chi connectivity index (χ3v) is 9.06. The third kappa shape index (κ3) is 6.39. The number of benzene rings is 3. The fraction of sp³-hybridized carbons (Fsp3) is 0.286. The number of sulfonamides is 1. The van der Waals surface area contributed by atoms with E-state index in [2.05, 4.69) is 20.7 Å². The van der Waals surface area contributed by atoms with E-state index in [9.17, 15) is 18.0 Å². The molecule has 4 rings (SSSR count). The summed E-state index contributed by atoms with van der Waals surface area (Å²) in [6, 6.07) is 16.9. The molecule has 1 N–H and O–H groups in total. The molecule has 1 aliphatic rings. The first kappa shape index (κ1) is 28.1. The molecule has 0 saturated carbocycles. The molecule has 1 aliphatic heterocycles. The van der Waals surface area contributed by atoms with E-state index in [1.54, 1.807) is 23.1 Å². The fourth-order valence-corrected chi connectivity index (χ4v) is 6.36. The van der Waals surface area contributed by atoms with Gasteiger partial charge in [0, 0.05) is 17.6 Å². The summed E-state index contributed by atoms with van der Waals surface area (Å²) in [6.07, 6.45) is 2.21. The average Bonchev–Trinajstić information content (AvgIpc) is 2.90. The molecule has 200 valence electrons. The second kappa shape index (κ2) is 11.9. The quantitative estimate of drug-likeness (QED) is 0.323. The summed E-state index contributed by atoms with van der Waals surface area (Å²) >= 11 is 9.71. The maximum absolute atomic E-state index is 13.4. The molecule has 0 radical (unpaired) electrons. The van der Waals surface area contributed by atoms with Crippen LogP contribution >= 0.6 is 27.5 Å². The highest BCUT2D eigenvalue weighted by Gasteiger charge is 2.27. The molecular weight excluding hydrogens is 592 g/mol. The van der Waals surface area contributed by atoms with Crippen molar-refractivity contribution in [2.45, 2.75) is 31.1 Å². The SMILES string of the molecule is COC(=O)c1ccccc1CC1CCN(C(=O)c2cc(S(=O)(=O)Nc3cc(C)ccc3Br)ccc2Cl)CC1. The zero-order valence-electron chi connectivity index (χ0n) is 21.0. The summed E-state index contributed by atoms with van der Waals surface area (Å²) in [5, 5.41) is 0.194. The number of carbonyl (C=O) groups excluding carboxylic acids is 2. The lowest BCUT2D eigenvalue weighted by Gasteiger charge is -2.32. The van der Waals surface area contributed by atoms with Gasteiger partial charge in [-0.1, -0.05) is 35.9 Å². The average molecular weight is 620 g/mol. The van der Waals surface area contributed by atoms with Crippen LogP contribution < -0.4 is 4.72 Å². The van der Waals surface area contributed by atoms with Crippen molar-refractivity contribution in [3.8, 4) is 0 Å². The number of hydrogen-bond donors (Lipinski definition) is 1. The van der Waals surface area contributed by atoms with Gasteiger partial charge in [0.2, 0.25) is 0 Å². The maximum atomic E-state index is 13.4. The summed E-state index contributed by atoms with van der Waals surface area (Å²) in [4.78, 5) is 27.1. The van der Waals surface area contributed by atoms with Gasteiger partial charge in [-0.05, 0) is 95.6 Å². The first-order valence-corrected chi connectivity index (χ1v) is 14.8. The van der Waals surface area contributed by atoms with Crippen molar-refractivity contribution in [2.75, 3.05) is 24.9 Å². The molecule has 1 fully saturated rings. The van der Waals surface area contributed by atoms with E-state index in [4.69, 9.17) is 16.3 Å². The molecule has 0 atom stereocenters. The van der Waals surface area contributed by atoms with E-state index >= 15 is 0 Å². The van der Waals surface area contributed by atoms with Gasteiger partial charge in [-0.15, -0.1) is 0 Å². The molecule has 7 nitrogen and oxygen atoms in total. The minimum atomic E-state index is -3.96. The Morgan fingerprint density at radius 1 is 1.05 bits per heavy atom. The van der Waals surface area contributed by atoms with E-state index in [1.807, 2.05) is 31.2 Å². The first-order chi connectivity index (χ1) is 18.1. The van der Waals surface area contributed by atoms with Crippen molar-refractivity contribution in [1.82, 2.24) is 4.90 Å². The summed E-state index contributed by atoms with van der Waals surface area (Å²) in [5.41, 5.74) is 2.94. The molecule has 0 spiro atoms. The molecule has 1 amide bonds. The molecule has 10 heteroatoms. The van der Waals surface area contributed by atoms with E-state index < -0.39 is 10.0 Å². The number of methoxy groups -OCH3 is 1. The van der Waals surface area contributed by atoms with Crippen molar-refractivity contribution >= 4 is 55.1 Å². The van der Waals surface area contributed by atoms with Gasteiger partial charge in [-0.3, -0.25) is 9.52 Å². The maximum Gasteiger partial charge on any atom is 0.338 e. The van der Waals surface area contributed by atoms with Gasteiger partial charge in [0.1, 0.15) is 0 Å². The minimum Gasteiger partial charge on any atom is -0.465 e. The molecule has 0 unspecified atom stereocenters. The van der Waals surface area contributed by atoms with Gasteiger partial charge < -0.3 is 9.64 Å². The van der Waals surface area contributed by atoms with Crippen molar-refractivity contribution in [1.29, 1.82) is 0 Å². The van der Waals surface area contributed by atoms with Crippen LogP contribution in [0.15, 0.2) is 70.0 Å². The van der Waals surface area contributed by atoms with Gasteiger partial charge in [-0.25, -0.2) is 13.2 Å².